The van der Waals surface area contributed by atoms with Crippen LogP contribution in [-0.4, -0.2) is 45.8 Å². The van der Waals surface area contributed by atoms with E-state index in [1.165, 1.54) is 0 Å². The number of carboxylic acids is 1. The number of aromatic nitrogens is 2. The average Bonchev–Trinajstić information content (AvgIpc) is 3.04. The third kappa shape index (κ3) is 4.09. The van der Waals surface area contributed by atoms with Gasteiger partial charge in [-0.15, -0.1) is 0 Å². The molecule has 1 fully saturated rings. The molecule has 2 aromatic rings. The topological polar surface area (TPSA) is 79.5 Å². The van der Waals surface area contributed by atoms with Gasteiger partial charge in [-0.25, -0.2) is 0 Å². The highest BCUT2D eigenvalue weighted by atomic mass is 35.5. The van der Waals surface area contributed by atoms with Crippen molar-refractivity contribution in [3.05, 3.63) is 35.2 Å². The fraction of sp³-hybridized carbons (Fsp3) is 0.438. The van der Waals surface area contributed by atoms with E-state index in [1.807, 2.05) is 12.1 Å². The molecule has 0 spiro atoms. The van der Waals surface area contributed by atoms with Crippen LogP contribution in [0.1, 0.15) is 31.1 Å². The van der Waals surface area contributed by atoms with E-state index in [0.29, 0.717) is 23.3 Å². The van der Waals surface area contributed by atoms with Crippen LogP contribution in [0.5, 0.6) is 0 Å². The predicted octanol–water partition coefficient (Wildman–Crippen LogP) is 3.04. The number of halogens is 1. The van der Waals surface area contributed by atoms with Crippen LogP contribution >= 0.6 is 11.6 Å². The molecule has 1 saturated heterocycles. The summed E-state index contributed by atoms with van der Waals surface area (Å²) < 4.78 is 5.43. The van der Waals surface area contributed by atoms with E-state index >= 15 is 0 Å². The van der Waals surface area contributed by atoms with Crippen molar-refractivity contribution in [2.75, 3.05) is 19.6 Å². The van der Waals surface area contributed by atoms with Crippen molar-refractivity contribution in [2.24, 2.45) is 0 Å². The Kier molecular flexibility index (Phi) is 4.93. The normalized spacial score (nSPS) is 18.9. The first kappa shape index (κ1) is 16.0. The molecule has 23 heavy (non-hydrogen) atoms. The average molecular weight is 336 g/mol. The highest BCUT2D eigenvalue weighted by Crippen LogP contribution is 2.28. The maximum Gasteiger partial charge on any atom is 0.304 e. The van der Waals surface area contributed by atoms with Gasteiger partial charge in [-0.05, 0) is 43.7 Å². The van der Waals surface area contributed by atoms with Crippen LogP contribution in [0.3, 0.4) is 0 Å². The lowest BCUT2D eigenvalue weighted by molar-refractivity contribution is -0.137. The molecule has 0 bridgehead atoms. The van der Waals surface area contributed by atoms with Crippen LogP contribution in [0.25, 0.3) is 11.4 Å². The Morgan fingerprint density at radius 1 is 1.39 bits per heavy atom. The first-order valence-corrected chi connectivity index (χ1v) is 8.03. The zero-order valence-electron chi connectivity index (χ0n) is 12.6. The molecule has 1 N–H and O–H groups in total. The van der Waals surface area contributed by atoms with E-state index < -0.39 is 5.97 Å². The number of hydrogen-bond donors (Lipinski definition) is 1. The van der Waals surface area contributed by atoms with Gasteiger partial charge in [0.15, 0.2) is 0 Å². The quantitative estimate of drug-likeness (QED) is 0.904. The fourth-order valence-electron chi connectivity index (χ4n) is 2.83. The van der Waals surface area contributed by atoms with E-state index in [4.69, 9.17) is 21.2 Å². The van der Waals surface area contributed by atoms with Crippen LogP contribution < -0.4 is 0 Å². The van der Waals surface area contributed by atoms with Gasteiger partial charge < -0.3 is 14.5 Å². The van der Waals surface area contributed by atoms with Crippen LogP contribution in [-0.2, 0) is 4.79 Å². The highest BCUT2D eigenvalue weighted by molar-refractivity contribution is 6.30. The van der Waals surface area contributed by atoms with Crippen LogP contribution in [0.4, 0.5) is 0 Å². The summed E-state index contributed by atoms with van der Waals surface area (Å²) in [5.74, 6) is 0.565. The van der Waals surface area contributed by atoms with E-state index in [2.05, 4.69) is 15.0 Å². The number of aliphatic carboxylic acids is 1. The molecule has 122 valence electrons. The van der Waals surface area contributed by atoms with Crippen LogP contribution in [0.15, 0.2) is 28.8 Å². The van der Waals surface area contributed by atoms with Gasteiger partial charge in [0, 0.05) is 23.7 Å². The smallest absolute Gasteiger partial charge is 0.304 e. The minimum absolute atomic E-state index is 0.158. The maximum atomic E-state index is 10.7. The van der Waals surface area contributed by atoms with Gasteiger partial charge in [0.2, 0.25) is 11.7 Å². The Morgan fingerprint density at radius 2 is 2.17 bits per heavy atom. The van der Waals surface area contributed by atoms with E-state index in [1.54, 1.807) is 12.1 Å². The van der Waals surface area contributed by atoms with Crippen molar-refractivity contribution in [3.8, 4) is 11.4 Å². The second-order valence-electron chi connectivity index (χ2n) is 5.75. The summed E-state index contributed by atoms with van der Waals surface area (Å²) in [6, 6.07) is 7.30. The third-order valence-corrected chi connectivity index (χ3v) is 4.29. The summed E-state index contributed by atoms with van der Waals surface area (Å²) in [7, 11) is 0. The monoisotopic (exact) mass is 335 g/mol. The number of carboxylic acid groups (broad SMARTS) is 1. The lowest BCUT2D eigenvalue weighted by Crippen LogP contribution is -2.35. The third-order valence-electron chi connectivity index (χ3n) is 4.04. The van der Waals surface area contributed by atoms with Gasteiger partial charge in [0.25, 0.3) is 0 Å². The molecule has 1 aromatic carbocycles. The molecule has 0 saturated carbocycles. The summed E-state index contributed by atoms with van der Waals surface area (Å²) in [5, 5.41) is 13.5. The van der Waals surface area contributed by atoms with Crippen molar-refractivity contribution < 1.29 is 14.4 Å². The molecule has 2 heterocycles. The number of hydrogen-bond acceptors (Lipinski definition) is 5. The highest BCUT2D eigenvalue weighted by Gasteiger charge is 2.26. The number of carbonyl (C=O) groups is 1. The fourth-order valence-corrected chi connectivity index (χ4v) is 2.96. The minimum atomic E-state index is -0.769. The SMILES string of the molecule is O=C(O)CCN1CCCC(c2nc(-c3ccc(Cl)cc3)no2)C1. The Bertz CT molecular complexity index is 671. The lowest BCUT2D eigenvalue weighted by atomic mass is 9.98. The van der Waals surface area contributed by atoms with Gasteiger partial charge >= 0.3 is 5.97 Å². The number of piperidine rings is 1. The first-order valence-electron chi connectivity index (χ1n) is 7.65. The van der Waals surface area contributed by atoms with Crippen molar-refractivity contribution in [1.82, 2.24) is 15.0 Å². The maximum absolute atomic E-state index is 10.7. The molecular weight excluding hydrogens is 318 g/mol. The summed E-state index contributed by atoms with van der Waals surface area (Å²) in [6.07, 6.45) is 2.14. The van der Waals surface area contributed by atoms with Crippen molar-refractivity contribution in [2.45, 2.75) is 25.2 Å². The zero-order valence-corrected chi connectivity index (χ0v) is 13.4. The molecule has 0 aliphatic carbocycles. The lowest BCUT2D eigenvalue weighted by Gasteiger charge is -2.30. The summed E-state index contributed by atoms with van der Waals surface area (Å²) in [5.41, 5.74) is 0.864. The standard InChI is InChI=1S/C16H18ClN3O3/c17-13-5-3-11(4-6-13)15-18-16(23-19-15)12-2-1-8-20(10-12)9-7-14(21)22/h3-6,12H,1-2,7-10H2,(H,21,22). The van der Waals surface area contributed by atoms with Crippen LogP contribution in [0, 0.1) is 0 Å². The second kappa shape index (κ2) is 7.10. The largest absolute Gasteiger partial charge is 0.481 e. The van der Waals surface area contributed by atoms with Gasteiger partial charge in [0.1, 0.15) is 0 Å². The predicted molar refractivity (Wildman–Crippen MR) is 85.4 cm³/mol. The summed E-state index contributed by atoms with van der Waals surface area (Å²) in [6.45, 7) is 2.24. The van der Waals surface area contributed by atoms with Gasteiger partial charge in [-0.3, -0.25) is 4.79 Å². The van der Waals surface area contributed by atoms with Crippen LogP contribution in [0.2, 0.25) is 5.02 Å². The Labute approximate surface area is 139 Å². The Hall–Kier alpha value is -1.92. The number of likely N-dealkylation sites (tertiary alicyclic amines) is 1. The number of rotatable bonds is 5. The van der Waals surface area contributed by atoms with Gasteiger partial charge in [-0.1, -0.05) is 16.8 Å². The molecule has 1 atom stereocenters. The summed E-state index contributed by atoms with van der Waals surface area (Å²) in [4.78, 5) is 17.3. The van der Waals surface area contributed by atoms with Crippen molar-refractivity contribution in [1.29, 1.82) is 0 Å². The molecule has 7 heteroatoms. The molecule has 3 rings (SSSR count). The minimum Gasteiger partial charge on any atom is -0.481 e. The molecule has 1 unspecified atom stereocenters. The molecular formula is C16H18ClN3O3. The van der Waals surface area contributed by atoms with Gasteiger partial charge in [0.05, 0.1) is 12.3 Å². The molecule has 0 radical (unpaired) electrons. The van der Waals surface area contributed by atoms with E-state index in [0.717, 1.165) is 31.5 Å². The second-order valence-corrected chi connectivity index (χ2v) is 6.18. The molecule has 6 nitrogen and oxygen atoms in total. The van der Waals surface area contributed by atoms with Crippen molar-refractivity contribution >= 4 is 17.6 Å². The van der Waals surface area contributed by atoms with E-state index in [9.17, 15) is 4.79 Å². The molecule has 1 aromatic heterocycles. The Morgan fingerprint density at radius 3 is 2.91 bits per heavy atom. The van der Waals surface area contributed by atoms with Crippen molar-refractivity contribution in [3.63, 3.8) is 0 Å². The molecule has 1 aliphatic heterocycles. The van der Waals surface area contributed by atoms with Gasteiger partial charge in [-0.2, -0.15) is 4.98 Å². The summed E-state index contributed by atoms with van der Waals surface area (Å²) >= 11 is 5.88. The molecule has 0 amide bonds. The first-order chi connectivity index (χ1) is 11.1. The zero-order chi connectivity index (χ0) is 16.2. The van der Waals surface area contributed by atoms with E-state index in [-0.39, 0.29) is 12.3 Å². The number of benzene rings is 1. The number of nitrogens with zero attached hydrogens (tertiary/aromatic N) is 3. The Balaban J connectivity index is 1.67. The molecule has 1 aliphatic rings.